The van der Waals surface area contributed by atoms with Crippen LogP contribution in [0.15, 0.2) is 4.99 Å². The van der Waals surface area contributed by atoms with E-state index in [1.165, 1.54) is 0 Å². The Kier molecular flexibility index (Phi) is 9.99. The first kappa shape index (κ1) is 18.5. The number of rotatable bonds is 5. The number of hydrogen-bond acceptors (Lipinski definition) is 2. The zero-order valence-corrected chi connectivity index (χ0v) is 14.4. The van der Waals surface area contributed by atoms with Crippen molar-refractivity contribution in [1.29, 1.82) is 0 Å². The second kappa shape index (κ2) is 10.3. The SMILES string of the molecule is CCCN=C(NCC)N1CCCC(CC(N)=O)C1.I. The van der Waals surface area contributed by atoms with Crippen molar-refractivity contribution in [3.8, 4) is 0 Å². The molecule has 1 atom stereocenters. The van der Waals surface area contributed by atoms with Crippen LogP contribution < -0.4 is 11.1 Å². The molecule has 0 radical (unpaired) electrons. The molecule has 1 rings (SSSR count). The maximum absolute atomic E-state index is 11.0. The highest BCUT2D eigenvalue weighted by atomic mass is 127. The Balaban J connectivity index is 0.00000324. The first-order valence-corrected chi connectivity index (χ1v) is 6.98. The van der Waals surface area contributed by atoms with E-state index in [0.717, 1.165) is 51.4 Å². The van der Waals surface area contributed by atoms with Gasteiger partial charge in [-0.1, -0.05) is 6.92 Å². The number of aliphatic imine (C=N–C) groups is 1. The van der Waals surface area contributed by atoms with Crippen LogP contribution in [0.5, 0.6) is 0 Å². The van der Waals surface area contributed by atoms with Crippen LogP contribution in [0.2, 0.25) is 0 Å². The molecule has 6 heteroatoms. The van der Waals surface area contributed by atoms with Gasteiger partial charge in [0, 0.05) is 32.6 Å². The van der Waals surface area contributed by atoms with Crippen LogP contribution in [0.3, 0.4) is 0 Å². The monoisotopic (exact) mass is 382 g/mol. The van der Waals surface area contributed by atoms with Gasteiger partial charge in [0.1, 0.15) is 0 Å². The highest BCUT2D eigenvalue weighted by Crippen LogP contribution is 2.19. The molecule has 0 aromatic rings. The van der Waals surface area contributed by atoms with Crippen LogP contribution in [0, 0.1) is 5.92 Å². The molecule has 1 saturated heterocycles. The van der Waals surface area contributed by atoms with Crippen molar-refractivity contribution in [2.24, 2.45) is 16.6 Å². The van der Waals surface area contributed by atoms with E-state index < -0.39 is 0 Å². The van der Waals surface area contributed by atoms with Gasteiger partial charge >= 0.3 is 0 Å². The molecule has 5 nitrogen and oxygen atoms in total. The molecule has 19 heavy (non-hydrogen) atoms. The standard InChI is InChI=1S/C13H26N4O.HI/c1-3-7-16-13(15-4-2)17-8-5-6-11(10-17)9-12(14)18;/h11H,3-10H2,1-2H3,(H2,14,18)(H,15,16);1H. The molecule has 1 heterocycles. The number of likely N-dealkylation sites (tertiary alicyclic amines) is 1. The lowest BCUT2D eigenvalue weighted by Gasteiger charge is -2.34. The summed E-state index contributed by atoms with van der Waals surface area (Å²) in [7, 11) is 0. The van der Waals surface area contributed by atoms with Crippen molar-refractivity contribution in [3.05, 3.63) is 0 Å². The second-order valence-corrected chi connectivity index (χ2v) is 4.86. The molecule has 0 aromatic carbocycles. The Hall–Kier alpha value is -0.530. The van der Waals surface area contributed by atoms with Crippen LogP contribution in [0.25, 0.3) is 0 Å². The summed E-state index contributed by atoms with van der Waals surface area (Å²) in [6.45, 7) is 7.83. The maximum Gasteiger partial charge on any atom is 0.217 e. The normalized spacial score (nSPS) is 19.8. The first-order valence-electron chi connectivity index (χ1n) is 6.98. The third kappa shape index (κ3) is 6.98. The van der Waals surface area contributed by atoms with Crippen molar-refractivity contribution in [2.75, 3.05) is 26.2 Å². The minimum Gasteiger partial charge on any atom is -0.370 e. The van der Waals surface area contributed by atoms with Crippen molar-refractivity contribution >= 4 is 35.8 Å². The van der Waals surface area contributed by atoms with Crippen molar-refractivity contribution < 1.29 is 4.79 Å². The van der Waals surface area contributed by atoms with Crippen molar-refractivity contribution in [1.82, 2.24) is 10.2 Å². The molecule has 1 aliphatic heterocycles. The summed E-state index contributed by atoms with van der Waals surface area (Å²) >= 11 is 0. The largest absolute Gasteiger partial charge is 0.370 e. The summed E-state index contributed by atoms with van der Waals surface area (Å²) in [6, 6.07) is 0. The van der Waals surface area contributed by atoms with E-state index in [2.05, 4.69) is 29.1 Å². The minimum absolute atomic E-state index is 0. The lowest BCUT2D eigenvalue weighted by atomic mass is 9.95. The maximum atomic E-state index is 11.0. The Labute approximate surface area is 133 Å². The van der Waals surface area contributed by atoms with Crippen LogP contribution >= 0.6 is 24.0 Å². The molecule has 1 fully saturated rings. The number of carbonyl (C=O) groups is 1. The predicted molar refractivity (Wildman–Crippen MR) is 89.8 cm³/mol. The first-order chi connectivity index (χ1) is 8.67. The van der Waals surface area contributed by atoms with E-state index in [4.69, 9.17) is 5.73 Å². The molecule has 0 aromatic heterocycles. The molecule has 1 amide bonds. The predicted octanol–water partition coefficient (Wildman–Crippen LogP) is 1.57. The Bertz CT molecular complexity index is 296. The highest BCUT2D eigenvalue weighted by molar-refractivity contribution is 14.0. The lowest BCUT2D eigenvalue weighted by molar-refractivity contribution is -0.119. The van der Waals surface area contributed by atoms with Gasteiger partial charge in [-0.15, -0.1) is 24.0 Å². The Morgan fingerprint density at radius 3 is 2.79 bits per heavy atom. The van der Waals surface area contributed by atoms with Gasteiger partial charge in [-0.2, -0.15) is 0 Å². The number of nitrogens with two attached hydrogens (primary N) is 1. The average Bonchev–Trinajstić information content (AvgIpc) is 2.34. The number of guanidine groups is 1. The van der Waals surface area contributed by atoms with Gasteiger partial charge in [0.05, 0.1) is 0 Å². The number of nitrogens with zero attached hydrogens (tertiary/aromatic N) is 2. The fourth-order valence-corrected chi connectivity index (χ4v) is 2.35. The van der Waals surface area contributed by atoms with Gasteiger partial charge in [-0.3, -0.25) is 9.79 Å². The number of nitrogens with one attached hydrogen (secondary N) is 1. The topological polar surface area (TPSA) is 70.7 Å². The minimum atomic E-state index is -0.197. The summed E-state index contributed by atoms with van der Waals surface area (Å²) in [5, 5.41) is 3.32. The third-order valence-corrected chi connectivity index (χ3v) is 3.13. The molecule has 0 aliphatic carbocycles. The summed E-state index contributed by atoms with van der Waals surface area (Å²) in [4.78, 5) is 17.8. The van der Waals surface area contributed by atoms with E-state index in [1.54, 1.807) is 0 Å². The van der Waals surface area contributed by atoms with E-state index in [1.807, 2.05) is 0 Å². The van der Waals surface area contributed by atoms with Crippen LogP contribution in [-0.2, 0) is 4.79 Å². The summed E-state index contributed by atoms with van der Waals surface area (Å²) in [5.41, 5.74) is 5.28. The summed E-state index contributed by atoms with van der Waals surface area (Å²) < 4.78 is 0. The van der Waals surface area contributed by atoms with Gasteiger partial charge in [0.2, 0.25) is 5.91 Å². The molecule has 3 N–H and O–H groups in total. The van der Waals surface area contributed by atoms with Crippen molar-refractivity contribution in [3.63, 3.8) is 0 Å². The zero-order valence-electron chi connectivity index (χ0n) is 12.0. The molecule has 112 valence electrons. The van der Waals surface area contributed by atoms with E-state index >= 15 is 0 Å². The lowest BCUT2D eigenvalue weighted by Crippen LogP contribution is -2.47. The number of carbonyl (C=O) groups excluding carboxylic acids is 1. The van der Waals surface area contributed by atoms with Gasteiger partial charge in [-0.05, 0) is 32.1 Å². The Morgan fingerprint density at radius 1 is 1.47 bits per heavy atom. The number of halogens is 1. The number of primary amides is 1. The summed E-state index contributed by atoms with van der Waals surface area (Å²) in [6.07, 6.45) is 3.73. The van der Waals surface area contributed by atoms with E-state index in [0.29, 0.717) is 12.3 Å². The molecule has 0 bridgehead atoms. The second-order valence-electron chi connectivity index (χ2n) is 4.86. The van der Waals surface area contributed by atoms with E-state index in [9.17, 15) is 4.79 Å². The zero-order chi connectivity index (χ0) is 13.4. The Morgan fingerprint density at radius 2 is 2.21 bits per heavy atom. The fraction of sp³-hybridized carbons (Fsp3) is 0.846. The third-order valence-electron chi connectivity index (χ3n) is 3.13. The smallest absolute Gasteiger partial charge is 0.217 e. The molecule has 0 spiro atoms. The molecule has 0 saturated carbocycles. The quantitative estimate of drug-likeness (QED) is 0.431. The van der Waals surface area contributed by atoms with E-state index in [-0.39, 0.29) is 29.9 Å². The van der Waals surface area contributed by atoms with Gasteiger partial charge in [0.15, 0.2) is 5.96 Å². The summed E-state index contributed by atoms with van der Waals surface area (Å²) in [5.74, 6) is 1.16. The van der Waals surface area contributed by atoms with Crippen LogP contribution in [0.4, 0.5) is 0 Å². The highest BCUT2D eigenvalue weighted by Gasteiger charge is 2.23. The van der Waals surface area contributed by atoms with Gasteiger partial charge in [-0.25, -0.2) is 0 Å². The molecular weight excluding hydrogens is 355 g/mol. The average molecular weight is 382 g/mol. The number of piperidine rings is 1. The number of hydrogen-bond donors (Lipinski definition) is 2. The van der Waals surface area contributed by atoms with Gasteiger partial charge < -0.3 is 16.0 Å². The van der Waals surface area contributed by atoms with Crippen LogP contribution in [-0.4, -0.2) is 42.9 Å². The molecular formula is C13H27IN4O. The molecule has 1 unspecified atom stereocenters. The van der Waals surface area contributed by atoms with Gasteiger partial charge in [0.25, 0.3) is 0 Å². The fourth-order valence-electron chi connectivity index (χ4n) is 2.35. The molecule has 1 aliphatic rings. The van der Waals surface area contributed by atoms with Crippen molar-refractivity contribution in [2.45, 2.75) is 39.5 Å². The number of amides is 1. The van der Waals surface area contributed by atoms with Crippen LogP contribution in [0.1, 0.15) is 39.5 Å².